The van der Waals surface area contributed by atoms with Crippen LogP contribution in [0.15, 0.2) is 53.0 Å². The van der Waals surface area contributed by atoms with E-state index in [1.54, 1.807) is 12.1 Å². The molecule has 2 amide bonds. The van der Waals surface area contributed by atoms with Crippen LogP contribution in [0.5, 0.6) is 0 Å². The van der Waals surface area contributed by atoms with E-state index in [0.717, 1.165) is 11.3 Å². The smallest absolute Gasteiger partial charge is 0.253 e. The van der Waals surface area contributed by atoms with Crippen molar-refractivity contribution in [2.45, 2.75) is 32.0 Å². The number of anilines is 1. The van der Waals surface area contributed by atoms with Crippen LogP contribution in [0.4, 0.5) is 5.13 Å². The molecule has 2 heterocycles. The Balaban J connectivity index is 1.34. The first-order chi connectivity index (χ1) is 17.7. The largest absolute Gasteiger partial charge is 0.342 e. The lowest BCUT2D eigenvalue weighted by Gasteiger charge is -2.20. The number of thiazole rings is 1. The molecular formula is C25H24Cl2N6O2S2. The zero-order valence-corrected chi connectivity index (χ0v) is 23.4. The van der Waals surface area contributed by atoms with Gasteiger partial charge >= 0.3 is 0 Å². The maximum absolute atomic E-state index is 12.8. The molecule has 4 rings (SSSR count). The van der Waals surface area contributed by atoms with Crippen molar-refractivity contribution in [1.29, 1.82) is 0 Å². The van der Waals surface area contributed by atoms with Crippen LogP contribution >= 0.6 is 46.3 Å². The summed E-state index contributed by atoms with van der Waals surface area (Å²) in [6.45, 7) is 5.94. The summed E-state index contributed by atoms with van der Waals surface area (Å²) >= 11 is 14.7. The van der Waals surface area contributed by atoms with Crippen molar-refractivity contribution < 1.29 is 9.59 Å². The average Bonchev–Trinajstić information content (AvgIpc) is 3.51. The molecule has 0 unspecified atom stereocenters. The van der Waals surface area contributed by atoms with Crippen molar-refractivity contribution in [2.24, 2.45) is 5.92 Å². The predicted molar refractivity (Wildman–Crippen MR) is 150 cm³/mol. The van der Waals surface area contributed by atoms with Crippen molar-refractivity contribution in [1.82, 2.24) is 25.5 Å². The van der Waals surface area contributed by atoms with Crippen molar-refractivity contribution in [2.75, 3.05) is 11.1 Å². The summed E-state index contributed by atoms with van der Waals surface area (Å²) in [5, 5.41) is 16.4. The number of carbonyl (C=O) groups is 2. The first kappa shape index (κ1) is 27.1. The van der Waals surface area contributed by atoms with Gasteiger partial charge in [-0.2, -0.15) is 0 Å². The second kappa shape index (κ2) is 12.1. The summed E-state index contributed by atoms with van der Waals surface area (Å²) in [6.07, 6.45) is 0. The molecule has 0 aliphatic rings. The van der Waals surface area contributed by atoms with Crippen LogP contribution in [0.3, 0.4) is 0 Å². The van der Waals surface area contributed by atoms with Crippen molar-refractivity contribution in [3.05, 3.63) is 74.8 Å². The van der Waals surface area contributed by atoms with E-state index in [0.29, 0.717) is 26.7 Å². The Hall–Kier alpha value is -2.92. The van der Waals surface area contributed by atoms with Gasteiger partial charge in [0.1, 0.15) is 5.82 Å². The number of benzene rings is 2. The summed E-state index contributed by atoms with van der Waals surface area (Å²) < 4.78 is 0. The minimum atomic E-state index is -0.439. The number of hydrogen-bond donors (Lipinski definition) is 3. The van der Waals surface area contributed by atoms with Crippen LogP contribution in [0.1, 0.15) is 41.6 Å². The van der Waals surface area contributed by atoms with Gasteiger partial charge in [-0.05, 0) is 31.0 Å². The van der Waals surface area contributed by atoms with Gasteiger partial charge in [0, 0.05) is 16.0 Å². The van der Waals surface area contributed by atoms with Crippen molar-refractivity contribution in [3.63, 3.8) is 0 Å². The molecule has 0 aliphatic heterocycles. The third-order valence-electron chi connectivity index (χ3n) is 5.34. The molecule has 0 aliphatic carbocycles. The SMILES string of the molecule is Cc1ccc(-c2csc(NC(=O)CSc3n[nH]c([C@H](NC(=O)c4ccc(Cl)cc4Cl)C(C)C)n3)n2)cc1. The summed E-state index contributed by atoms with van der Waals surface area (Å²) in [6, 6.07) is 12.3. The number of aryl methyl sites for hydroxylation is 1. The lowest BCUT2D eigenvalue weighted by molar-refractivity contribution is -0.113. The van der Waals surface area contributed by atoms with Gasteiger partial charge in [0.15, 0.2) is 5.13 Å². The van der Waals surface area contributed by atoms with Crippen LogP contribution in [-0.4, -0.2) is 37.7 Å². The molecule has 0 bridgehead atoms. The highest BCUT2D eigenvalue weighted by molar-refractivity contribution is 7.99. The molecule has 37 heavy (non-hydrogen) atoms. The number of rotatable bonds is 9. The molecule has 0 saturated heterocycles. The number of nitrogens with zero attached hydrogens (tertiary/aromatic N) is 3. The van der Waals surface area contributed by atoms with Crippen LogP contribution in [0.25, 0.3) is 11.3 Å². The molecule has 2 aromatic carbocycles. The highest BCUT2D eigenvalue weighted by Gasteiger charge is 2.24. The molecule has 12 heteroatoms. The summed E-state index contributed by atoms with van der Waals surface area (Å²) in [5.41, 5.74) is 3.30. The fraction of sp³-hybridized carbons (Fsp3) is 0.240. The Labute approximate surface area is 232 Å². The molecule has 0 fully saturated rings. The average molecular weight is 576 g/mol. The molecule has 3 N–H and O–H groups in total. The Bertz CT molecular complexity index is 1400. The molecule has 0 spiro atoms. The fourth-order valence-corrected chi connectivity index (χ4v) is 5.21. The van der Waals surface area contributed by atoms with E-state index in [9.17, 15) is 9.59 Å². The van der Waals surface area contributed by atoms with Crippen LogP contribution in [0.2, 0.25) is 10.0 Å². The number of amides is 2. The topological polar surface area (TPSA) is 113 Å². The van der Waals surface area contributed by atoms with E-state index in [4.69, 9.17) is 23.2 Å². The second-order valence-electron chi connectivity index (χ2n) is 8.56. The normalized spacial score (nSPS) is 11.9. The molecule has 8 nitrogen and oxygen atoms in total. The zero-order valence-electron chi connectivity index (χ0n) is 20.2. The van der Waals surface area contributed by atoms with E-state index in [2.05, 4.69) is 30.8 Å². The number of thioether (sulfide) groups is 1. The third kappa shape index (κ3) is 7.10. The van der Waals surface area contributed by atoms with Gasteiger partial charge in [0.05, 0.1) is 28.1 Å². The van der Waals surface area contributed by atoms with E-state index >= 15 is 0 Å². The zero-order chi connectivity index (χ0) is 26.5. The Morgan fingerprint density at radius 1 is 1.11 bits per heavy atom. The highest BCUT2D eigenvalue weighted by atomic mass is 35.5. The van der Waals surface area contributed by atoms with Gasteiger partial charge in [0.2, 0.25) is 11.1 Å². The minimum absolute atomic E-state index is 0.0109. The molecule has 0 saturated carbocycles. The van der Waals surface area contributed by atoms with E-state index in [1.165, 1.54) is 34.7 Å². The van der Waals surface area contributed by atoms with Gasteiger partial charge in [0.25, 0.3) is 5.91 Å². The number of aromatic amines is 1. The first-order valence-electron chi connectivity index (χ1n) is 11.3. The predicted octanol–water partition coefficient (Wildman–Crippen LogP) is 6.40. The van der Waals surface area contributed by atoms with Gasteiger partial charge in [-0.1, -0.05) is 78.6 Å². The number of H-pyrrole nitrogens is 1. The first-order valence-corrected chi connectivity index (χ1v) is 13.9. The number of halogens is 2. The number of carbonyl (C=O) groups excluding carboxylic acids is 2. The van der Waals surface area contributed by atoms with E-state index < -0.39 is 6.04 Å². The van der Waals surface area contributed by atoms with Crippen LogP contribution in [-0.2, 0) is 4.79 Å². The van der Waals surface area contributed by atoms with E-state index in [1.807, 2.05) is 50.4 Å². The molecule has 1 atom stereocenters. The summed E-state index contributed by atoms with van der Waals surface area (Å²) in [5.74, 6) is 0.0392. The summed E-state index contributed by atoms with van der Waals surface area (Å²) in [4.78, 5) is 34.3. The molecule has 192 valence electrons. The number of nitrogens with one attached hydrogen (secondary N) is 3. The summed E-state index contributed by atoms with van der Waals surface area (Å²) in [7, 11) is 0. The molecule has 0 radical (unpaired) electrons. The lowest BCUT2D eigenvalue weighted by Crippen LogP contribution is -2.32. The van der Waals surface area contributed by atoms with Crippen molar-refractivity contribution in [3.8, 4) is 11.3 Å². The van der Waals surface area contributed by atoms with Crippen LogP contribution < -0.4 is 10.6 Å². The Morgan fingerprint density at radius 3 is 2.57 bits per heavy atom. The maximum atomic E-state index is 12.8. The number of hydrogen-bond acceptors (Lipinski definition) is 7. The highest BCUT2D eigenvalue weighted by Crippen LogP contribution is 2.27. The minimum Gasteiger partial charge on any atom is -0.342 e. The Morgan fingerprint density at radius 2 is 1.86 bits per heavy atom. The van der Waals surface area contributed by atoms with Gasteiger partial charge in [-0.25, -0.2) is 9.97 Å². The van der Waals surface area contributed by atoms with Gasteiger partial charge in [-0.3, -0.25) is 14.7 Å². The quantitative estimate of drug-likeness (QED) is 0.199. The van der Waals surface area contributed by atoms with Gasteiger partial charge in [-0.15, -0.1) is 16.4 Å². The monoisotopic (exact) mass is 574 g/mol. The maximum Gasteiger partial charge on any atom is 0.253 e. The van der Waals surface area contributed by atoms with Gasteiger partial charge < -0.3 is 10.6 Å². The van der Waals surface area contributed by atoms with E-state index in [-0.39, 0.29) is 28.5 Å². The molecular weight excluding hydrogens is 551 g/mol. The second-order valence-corrected chi connectivity index (χ2v) is 11.2. The van der Waals surface area contributed by atoms with Crippen molar-refractivity contribution >= 4 is 63.2 Å². The molecule has 4 aromatic rings. The number of aromatic nitrogens is 4. The standard InChI is InChI=1S/C25H24Cl2N6O2S2/c1-13(2)21(30-23(35)17-9-8-16(26)10-18(17)27)22-31-25(33-32-22)37-12-20(34)29-24-28-19(11-36-24)15-6-4-14(3)5-7-15/h4-11,13,21H,12H2,1-3H3,(H,30,35)(H,28,29,34)(H,31,32,33)/t21-/m1/s1. The Kier molecular flexibility index (Phi) is 8.86. The van der Waals surface area contributed by atoms with Crippen LogP contribution in [0, 0.1) is 12.8 Å². The third-order valence-corrected chi connectivity index (χ3v) is 7.49. The fourth-order valence-electron chi connectivity index (χ4n) is 3.38. The lowest BCUT2D eigenvalue weighted by atomic mass is 10.0. The molecule has 2 aromatic heterocycles.